The van der Waals surface area contributed by atoms with Crippen LogP contribution in [0.2, 0.25) is 0 Å². The minimum absolute atomic E-state index is 0. The van der Waals surface area contributed by atoms with Crippen LogP contribution >= 0.6 is 0 Å². The van der Waals surface area contributed by atoms with E-state index in [2.05, 4.69) is 74.5 Å². The number of hydrogen-bond acceptors (Lipinski definition) is 0. The van der Waals surface area contributed by atoms with Crippen LogP contribution < -0.4 is 0 Å². The van der Waals surface area contributed by atoms with E-state index >= 15 is 0 Å². The Morgan fingerprint density at radius 1 is 0.488 bits per heavy atom. The fraction of sp³-hybridized carbons (Fsp3) is 0.275. The van der Waals surface area contributed by atoms with E-state index in [0.29, 0.717) is 0 Å². The summed E-state index contributed by atoms with van der Waals surface area (Å²) in [7, 11) is 0. The molecule has 0 amide bonds. The van der Waals surface area contributed by atoms with Crippen molar-refractivity contribution in [3.63, 3.8) is 0 Å². The SMILES string of the molecule is Cc1cc[c-](CCCCCCCCCc2ccccc2)c1C.[Pt+4].[c-]1ccccc1.[c-]1ccccc1.[c-]1ccccc1. The summed E-state index contributed by atoms with van der Waals surface area (Å²) in [4.78, 5) is 0. The Bertz CT molecular complexity index is 1010. The van der Waals surface area contributed by atoms with Crippen LogP contribution in [0.5, 0.6) is 0 Å². The van der Waals surface area contributed by atoms with Crippen molar-refractivity contribution in [2.45, 2.75) is 71.6 Å². The fourth-order valence-electron chi connectivity index (χ4n) is 4.20. The molecule has 5 rings (SSSR count). The van der Waals surface area contributed by atoms with E-state index < -0.39 is 0 Å². The average molecular weight is 722 g/mol. The van der Waals surface area contributed by atoms with Crippen LogP contribution in [-0.2, 0) is 33.9 Å². The molecule has 0 heterocycles. The Morgan fingerprint density at radius 3 is 1.27 bits per heavy atom. The minimum Gasteiger partial charge on any atom is -0.210 e. The maximum Gasteiger partial charge on any atom is 4.00 e. The third-order valence-electron chi connectivity index (χ3n) is 6.68. The Balaban J connectivity index is 0.000000354. The van der Waals surface area contributed by atoms with Gasteiger partial charge >= 0.3 is 21.1 Å². The molecule has 0 spiro atoms. The summed E-state index contributed by atoms with van der Waals surface area (Å²) >= 11 is 0. The number of benzene rings is 4. The van der Waals surface area contributed by atoms with E-state index in [9.17, 15) is 0 Å². The Kier molecular flexibility index (Phi) is 22.7. The van der Waals surface area contributed by atoms with Gasteiger partial charge in [0.25, 0.3) is 0 Å². The Morgan fingerprint density at radius 2 is 0.902 bits per heavy atom. The molecule has 1 heteroatoms. The molecule has 0 unspecified atom stereocenters. The van der Waals surface area contributed by atoms with Crippen LogP contribution in [0.4, 0.5) is 0 Å². The molecule has 41 heavy (non-hydrogen) atoms. The van der Waals surface area contributed by atoms with Crippen molar-refractivity contribution in [1.82, 2.24) is 0 Å². The summed E-state index contributed by atoms with van der Waals surface area (Å²) < 4.78 is 0. The van der Waals surface area contributed by atoms with Crippen molar-refractivity contribution < 1.29 is 21.1 Å². The third kappa shape index (κ3) is 19.6. The molecule has 0 aliphatic carbocycles. The zero-order valence-electron chi connectivity index (χ0n) is 24.9. The predicted molar refractivity (Wildman–Crippen MR) is 174 cm³/mol. The minimum atomic E-state index is 0. The van der Waals surface area contributed by atoms with Crippen LogP contribution in [0, 0.1) is 32.0 Å². The van der Waals surface area contributed by atoms with Crippen molar-refractivity contribution in [3.8, 4) is 0 Å². The fourth-order valence-corrected chi connectivity index (χ4v) is 4.20. The first-order valence-corrected chi connectivity index (χ1v) is 14.8. The molecule has 0 aliphatic rings. The van der Waals surface area contributed by atoms with Gasteiger partial charge < -0.3 is 0 Å². The first-order valence-electron chi connectivity index (χ1n) is 14.8. The van der Waals surface area contributed by atoms with Crippen molar-refractivity contribution in [3.05, 3.63) is 174 Å². The molecule has 0 fully saturated rings. The summed E-state index contributed by atoms with van der Waals surface area (Å²) in [5.74, 6) is 0. The van der Waals surface area contributed by atoms with Crippen molar-refractivity contribution in [1.29, 1.82) is 0 Å². The van der Waals surface area contributed by atoms with Crippen molar-refractivity contribution in [2.75, 3.05) is 0 Å². The van der Waals surface area contributed by atoms with Gasteiger partial charge in [0.2, 0.25) is 0 Å². The average Bonchev–Trinajstić information content (AvgIpc) is 3.36. The first-order chi connectivity index (χ1) is 19.8. The normalized spacial score (nSPS) is 9.41. The van der Waals surface area contributed by atoms with Crippen molar-refractivity contribution in [2.24, 2.45) is 0 Å². The standard InChI is InChI=1S/C22H31.3C6H5.Pt/c1-19-17-18-22(20(19)2)16-12-7-5-3-4-6-9-13-21-14-10-8-11-15-21;3*1-2-4-6-5-3-1;/h8,10-11,14-15,17-18H,3-7,9,12-13,16H2,1-2H3;3*1-5H;/q4*-1;+4. The molecule has 0 saturated heterocycles. The second-order valence-electron chi connectivity index (χ2n) is 9.86. The Hall–Kier alpha value is -3.08. The molecular weight excluding hydrogens is 676 g/mol. The summed E-state index contributed by atoms with van der Waals surface area (Å²) in [6, 6.07) is 52.9. The molecular formula is C40H46Pt. The van der Waals surface area contributed by atoms with Gasteiger partial charge in [0.1, 0.15) is 0 Å². The Labute approximate surface area is 265 Å². The van der Waals surface area contributed by atoms with Gasteiger partial charge in [-0.15, -0.1) is 0 Å². The molecule has 5 aromatic rings. The van der Waals surface area contributed by atoms with E-state index in [1.165, 1.54) is 74.5 Å². The summed E-state index contributed by atoms with van der Waals surface area (Å²) in [6.45, 7) is 4.48. The number of unbranched alkanes of at least 4 members (excludes halogenated alkanes) is 6. The van der Waals surface area contributed by atoms with Gasteiger partial charge in [0.05, 0.1) is 0 Å². The van der Waals surface area contributed by atoms with E-state index in [4.69, 9.17) is 0 Å². The summed E-state index contributed by atoms with van der Waals surface area (Å²) in [5.41, 5.74) is 6.03. The van der Waals surface area contributed by atoms with Crippen molar-refractivity contribution >= 4 is 0 Å². The molecule has 0 N–H and O–H groups in total. The van der Waals surface area contributed by atoms with Gasteiger partial charge in [-0.05, 0) is 18.4 Å². The largest absolute Gasteiger partial charge is 4.00 e. The molecule has 5 aromatic carbocycles. The van der Waals surface area contributed by atoms with Crippen LogP contribution in [0.1, 0.15) is 67.2 Å². The second-order valence-corrected chi connectivity index (χ2v) is 9.86. The van der Waals surface area contributed by atoms with Gasteiger partial charge in [-0.25, -0.2) is 6.07 Å². The summed E-state index contributed by atoms with van der Waals surface area (Å²) in [5, 5.41) is 0. The molecule has 0 bridgehead atoms. The molecule has 0 aliphatic heterocycles. The maximum atomic E-state index is 2.89. The topological polar surface area (TPSA) is 0 Å². The maximum absolute atomic E-state index is 2.89. The van der Waals surface area contributed by atoms with Gasteiger partial charge in [-0.2, -0.15) is 132 Å². The molecule has 0 saturated carbocycles. The predicted octanol–water partition coefficient (Wildman–Crippen LogP) is 11.0. The second kappa shape index (κ2) is 25.9. The van der Waals surface area contributed by atoms with Crippen LogP contribution in [-0.4, -0.2) is 0 Å². The van der Waals surface area contributed by atoms with Crippen LogP contribution in [0.3, 0.4) is 0 Å². The zero-order chi connectivity index (χ0) is 28.4. The molecule has 216 valence electrons. The monoisotopic (exact) mass is 721 g/mol. The molecule has 0 atom stereocenters. The van der Waals surface area contributed by atoms with Gasteiger partial charge in [-0.1, -0.05) is 89.1 Å². The molecule has 0 nitrogen and oxygen atoms in total. The van der Waals surface area contributed by atoms with E-state index in [1.807, 2.05) is 91.0 Å². The summed E-state index contributed by atoms with van der Waals surface area (Å²) in [6.07, 6.45) is 12.2. The number of hydrogen-bond donors (Lipinski definition) is 0. The number of aryl methyl sites for hydroxylation is 3. The third-order valence-corrected chi connectivity index (χ3v) is 6.68. The zero-order valence-corrected chi connectivity index (χ0v) is 27.2. The van der Waals surface area contributed by atoms with E-state index in [0.717, 1.165) is 0 Å². The molecule has 0 radical (unpaired) electrons. The first kappa shape index (κ1) is 35.9. The van der Waals surface area contributed by atoms with E-state index in [1.54, 1.807) is 5.56 Å². The smallest absolute Gasteiger partial charge is 0.210 e. The number of rotatable bonds is 10. The van der Waals surface area contributed by atoms with Crippen LogP contribution in [0.15, 0.2) is 133 Å². The van der Waals surface area contributed by atoms with E-state index in [-0.39, 0.29) is 21.1 Å². The van der Waals surface area contributed by atoms with Gasteiger partial charge in [0.15, 0.2) is 0 Å². The van der Waals surface area contributed by atoms with Gasteiger partial charge in [0, 0.05) is 0 Å². The van der Waals surface area contributed by atoms with Crippen LogP contribution in [0.25, 0.3) is 0 Å². The quantitative estimate of drug-likeness (QED) is 0.0995. The van der Waals surface area contributed by atoms with Gasteiger partial charge in [-0.3, -0.25) is 0 Å². The molecule has 0 aromatic heterocycles.